The van der Waals surface area contributed by atoms with E-state index in [4.69, 9.17) is 4.74 Å². The van der Waals surface area contributed by atoms with Gasteiger partial charge >= 0.3 is 5.97 Å². The van der Waals surface area contributed by atoms with E-state index >= 15 is 0 Å². The second-order valence-corrected chi connectivity index (χ2v) is 10.2. The van der Waals surface area contributed by atoms with E-state index in [1.807, 2.05) is 0 Å². The molecule has 2 aromatic rings. The number of allylic oxidation sites excluding steroid dienone is 2. The number of hydrogen-bond acceptors (Lipinski definition) is 5. The molecule has 0 spiro atoms. The van der Waals surface area contributed by atoms with Crippen LogP contribution in [0.3, 0.4) is 0 Å². The largest absolute Gasteiger partial charge is 0.459 e. The first-order chi connectivity index (χ1) is 16.8. The molecule has 35 heavy (non-hydrogen) atoms. The highest BCUT2D eigenvalue weighted by atomic mass is 16.5. The molecule has 7 heteroatoms. The van der Waals surface area contributed by atoms with Gasteiger partial charge in [0.05, 0.1) is 29.2 Å². The lowest BCUT2D eigenvalue weighted by atomic mass is 9.63. The monoisotopic (exact) mass is 470 g/mol. The number of carbonyl (C=O) groups is 4. The van der Waals surface area contributed by atoms with Crippen LogP contribution in [0.5, 0.6) is 0 Å². The van der Waals surface area contributed by atoms with Gasteiger partial charge in [-0.1, -0.05) is 12.2 Å². The van der Waals surface area contributed by atoms with E-state index in [9.17, 15) is 19.2 Å². The van der Waals surface area contributed by atoms with Crippen LogP contribution in [0, 0.1) is 35.5 Å². The van der Waals surface area contributed by atoms with Crippen LogP contribution in [0.15, 0.2) is 60.7 Å². The minimum atomic E-state index is -0.417. The number of amides is 3. The standard InChI is InChI=1S/C28H26N2O5/c1-14(2)35-28(34)16-3-7-17(8-4-16)29-25(31)15-5-9-18(10-6-15)30-26(32)23-19-11-12-20(22-13-21(19)22)24(23)27(30)33/h3-12,14,19-24H,13H2,1-2H3,(H,29,31)/t19-,20-,21-,22-,23+,24+/m1/s1. The van der Waals surface area contributed by atoms with E-state index in [0.717, 1.165) is 6.42 Å². The molecule has 1 aliphatic heterocycles. The first-order valence-electron chi connectivity index (χ1n) is 12.1. The van der Waals surface area contributed by atoms with Gasteiger partial charge in [0.2, 0.25) is 11.8 Å². The van der Waals surface area contributed by atoms with Gasteiger partial charge in [-0.2, -0.15) is 0 Å². The van der Waals surface area contributed by atoms with Crippen LogP contribution in [0.25, 0.3) is 0 Å². The Morgan fingerprint density at radius 2 is 1.40 bits per heavy atom. The third kappa shape index (κ3) is 3.49. The van der Waals surface area contributed by atoms with Gasteiger partial charge in [-0.15, -0.1) is 0 Å². The summed E-state index contributed by atoms with van der Waals surface area (Å²) in [6.07, 6.45) is 5.23. The zero-order valence-electron chi connectivity index (χ0n) is 19.5. The Hall–Kier alpha value is -3.74. The van der Waals surface area contributed by atoms with Gasteiger partial charge in [0.1, 0.15) is 0 Å². The van der Waals surface area contributed by atoms with Crippen molar-refractivity contribution in [1.82, 2.24) is 0 Å². The molecule has 1 heterocycles. The van der Waals surface area contributed by atoms with Crippen molar-refractivity contribution in [3.8, 4) is 0 Å². The van der Waals surface area contributed by atoms with Crippen LogP contribution in [-0.2, 0) is 14.3 Å². The fourth-order valence-corrected chi connectivity index (χ4v) is 6.15. The number of hydrogen-bond donors (Lipinski definition) is 1. The van der Waals surface area contributed by atoms with E-state index in [0.29, 0.717) is 34.3 Å². The van der Waals surface area contributed by atoms with E-state index in [1.54, 1.807) is 62.4 Å². The number of nitrogens with one attached hydrogen (secondary N) is 1. The maximum atomic E-state index is 13.3. The second-order valence-electron chi connectivity index (χ2n) is 10.2. The first-order valence-corrected chi connectivity index (χ1v) is 12.1. The molecule has 1 saturated heterocycles. The number of carbonyl (C=O) groups excluding carboxylic acids is 4. The van der Waals surface area contributed by atoms with Gasteiger partial charge < -0.3 is 10.1 Å². The molecular formula is C28H26N2O5. The SMILES string of the molecule is CC(C)OC(=O)c1ccc(NC(=O)c2ccc(N3C(=O)[C@H]4[C@@H]5C=C[C@H]([C@H]6C[C@H]56)[C@@H]4C3=O)cc2)cc1. The van der Waals surface area contributed by atoms with Gasteiger partial charge in [-0.3, -0.25) is 19.3 Å². The minimum Gasteiger partial charge on any atom is -0.459 e. The molecular weight excluding hydrogens is 444 g/mol. The number of ether oxygens (including phenoxy) is 1. The Kier molecular flexibility index (Phi) is 4.91. The average molecular weight is 471 g/mol. The Morgan fingerprint density at radius 1 is 0.857 bits per heavy atom. The number of rotatable bonds is 5. The molecule has 4 aliphatic carbocycles. The molecule has 6 atom stereocenters. The van der Waals surface area contributed by atoms with Crippen LogP contribution in [0.2, 0.25) is 0 Å². The summed E-state index contributed by atoms with van der Waals surface area (Å²) in [6.45, 7) is 3.56. The Balaban J connectivity index is 1.14. The van der Waals surface area contributed by atoms with Crippen molar-refractivity contribution in [1.29, 1.82) is 0 Å². The summed E-state index contributed by atoms with van der Waals surface area (Å²) >= 11 is 0. The van der Waals surface area contributed by atoms with Crippen molar-refractivity contribution >= 4 is 35.1 Å². The summed E-state index contributed by atoms with van der Waals surface area (Å²) in [5.74, 6) is 0.0170. The van der Waals surface area contributed by atoms with Crippen molar-refractivity contribution in [2.75, 3.05) is 10.2 Å². The van der Waals surface area contributed by atoms with Crippen LogP contribution >= 0.6 is 0 Å². The highest BCUT2D eigenvalue weighted by molar-refractivity contribution is 6.22. The molecule has 178 valence electrons. The maximum Gasteiger partial charge on any atom is 0.338 e. The van der Waals surface area contributed by atoms with Gasteiger partial charge in [0.15, 0.2) is 0 Å². The zero-order valence-corrected chi connectivity index (χ0v) is 19.5. The Bertz CT molecular complexity index is 1230. The van der Waals surface area contributed by atoms with Gasteiger partial charge in [-0.25, -0.2) is 4.79 Å². The van der Waals surface area contributed by atoms with Crippen LogP contribution in [0.1, 0.15) is 41.0 Å². The predicted molar refractivity (Wildman–Crippen MR) is 129 cm³/mol. The summed E-state index contributed by atoms with van der Waals surface area (Å²) in [5, 5.41) is 2.80. The molecule has 5 aliphatic rings. The third-order valence-corrected chi connectivity index (χ3v) is 7.77. The maximum absolute atomic E-state index is 13.3. The van der Waals surface area contributed by atoms with Crippen LogP contribution in [0.4, 0.5) is 11.4 Å². The molecule has 0 radical (unpaired) electrons. The molecule has 2 saturated carbocycles. The fourth-order valence-electron chi connectivity index (χ4n) is 6.15. The van der Waals surface area contributed by atoms with Gasteiger partial charge in [0, 0.05) is 11.3 Å². The molecule has 3 amide bonds. The van der Waals surface area contributed by atoms with Crippen molar-refractivity contribution < 1.29 is 23.9 Å². The normalized spacial score (nSPS) is 29.7. The molecule has 2 bridgehead atoms. The Labute approximate surface area is 203 Å². The topological polar surface area (TPSA) is 92.8 Å². The first kappa shape index (κ1) is 21.8. The molecule has 7 nitrogen and oxygen atoms in total. The summed E-state index contributed by atoms with van der Waals surface area (Å²) in [7, 11) is 0. The summed E-state index contributed by atoms with van der Waals surface area (Å²) in [6, 6.07) is 13.0. The number of esters is 1. The minimum absolute atomic E-state index is 0.113. The van der Waals surface area contributed by atoms with Gasteiger partial charge in [0.25, 0.3) is 5.91 Å². The highest BCUT2D eigenvalue weighted by Gasteiger charge is 2.67. The lowest BCUT2D eigenvalue weighted by Crippen LogP contribution is -2.40. The van der Waals surface area contributed by atoms with Gasteiger partial charge in [-0.05, 0) is 92.5 Å². The molecule has 0 aromatic heterocycles. The zero-order chi connectivity index (χ0) is 24.4. The van der Waals surface area contributed by atoms with Crippen LogP contribution < -0.4 is 10.2 Å². The quantitative estimate of drug-likeness (QED) is 0.404. The van der Waals surface area contributed by atoms with Crippen molar-refractivity contribution in [2.24, 2.45) is 35.5 Å². The fraction of sp³-hybridized carbons (Fsp3) is 0.357. The summed E-state index contributed by atoms with van der Waals surface area (Å²) in [4.78, 5) is 52.5. The smallest absolute Gasteiger partial charge is 0.338 e. The molecule has 2 aromatic carbocycles. The average Bonchev–Trinajstić information content (AvgIpc) is 3.62. The van der Waals surface area contributed by atoms with E-state index < -0.39 is 5.97 Å². The number of benzene rings is 2. The van der Waals surface area contributed by atoms with E-state index in [2.05, 4.69) is 17.5 Å². The predicted octanol–water partition coefficient (Wildman–Crippen LogP) is 4.06. The number of nitrogens with zero attached hydrogens (tertiary/aromatic N) is 1. The molecule has 0 unspecified atom stereocenters. The van der Waals surface area contributed by atoms with Crippen molar-refractivity contribution in [2.45, 2.75) is 26.4 Å². The molecule has 7 rings (SSSR count). The van der Waals surface area contributed by atoms with Crippen molar-refractivity contribution in [3.63, 3.8) is 0 Å². The lowest BCUT2D eigenvalue weighted by Gasteiger charge is -2.37. The summed E-state index contributed by atoms with van der Waals surface area (Å²) in [5.41, 5.74) is 1.85. The summed E-state index contributed by atoms with van der Waals surface area (Å²) < 4.78 is 5.17. The van der Waals surface area contributed by atoms with E-state index in [-0.39, 0.29) is 47.5 Å². The molecule has 1 N–H and O–H groups in total. The molecule has 3 fully saturated rings. The number of anilines is 2. The second kappa shape index (κ2) is 7.90. The van der Waals surface area contributed by atoms with Crippen molar-refractivity contribution in [3.05, 3.63) is 71.8 Å². The number of imide groups is 1. The van der Waals surface area contributed by atoms with E-state index in [1.165, 1.54) is 4.90 Å². The Morgan fingerprint density at radius 3 is 1.94 bits per heavy atom. The highest BCUT2D eigenvalue weighted by Crippen LogP contribution is 2.65. The van der Waals surface area contributed by atoms with Crippen LogP contribution in [-0.4, -0.2) is 29.8 Å². The lowest BCUT2D eigenvalue weighted by molar-refractivity contribution is -0.124. The third-order valence-electron chi connectivity index (χ3n) is 7.77.